The molecular formula is C12H32Cl4N4. The van der Waals surface area contributed by atoms with Crippen molar-refractivity contribution in [2.24, 2.45) is 23.5 Å². The molecule has 8 heteroatoms. The van der Waals surface area contributed by atoms with E-state index in [1.807, 2.05) is 0 Å². The van der Waals surface area contributed by atoms with E-state index in [1.54, 1.807) is 0 Å². The zero-order chi connectivity index (χ0) is 11.6. The van der Waals surface area contributed by atoms with Crippen molar-refractivity contribution in [1.82, 2.24) is 10.9 Å². The molecule has 0 saturated heterocycles. The Balaban J connectivity index is -0.000000107. The second-order valence-corrected chi connectivity index (χ2v) is 5.12. The van der Waals surface area contributed by atoms with Crippen LogP contribution in [0.3, 0.4) is 0 Å². The van der Waals surface area contributed by atoms with Gasteiger partial charge in [0.1, 0.15) is 0 Å². The monoisotopic (exact) mass is 372 g/mol. The second kappa shape index (κ2) is 20.0. The predicted octanol–water partition coefficient (Wildman–Crippen LogP) is 2.97. The van der Waals surface area contributed by atoms with E-state index >= 15 is 0 Å². The van der Waals surface area contributed by atoms with Crippen LogP contribution in [0.1, 0.15) is 51.4 Å². The molecule has 0 amide bonds. The van der Waals surface area contributed by atoms with Gasteiger partial charge < -0.3 is 0 Å². The molecule has 20 heavy (non-hydrogen) atoms. The molecule has 0 spiro atoms. The molecule has 0 radical (unpaired) electrons. The lowest BCUT2D eigenvalue weighted by Gasteiger charge is -2.04. The van der Waals surface area contributed by atoms with Gasteiger partial charge in [-0.05, 0) is 37.5 Å². The fraction of sp³-hybridized carbons (Fsp3) is 1.00. The zero-order valence-electron chi connectivity index (χ0n) is 12.0. The Labute approximate surface area is 148 Å². The van der Waals surface area contributed by atoms with E-state index in [1.165, 1.54) is 51.4 Å². The van der Waals surface area contributed by atoms with Crippen LogP contribution in [-0.4, -0.2) is 13.1 Å². The number of rotatable bonds is 4. The Hall–Kier alpha value is 1.000. The van der Waals surface area contributed by atoms with Gasteiger partial charge in [-0.1, -0.05) is 25.7 Å². The van der Waals surface area contributed by atoms with Crippen molar-refractivity contribution in [3.8, 4) is 0 Å². The highest BCUT2D eigenvalue weighted by Crippen LogP contribution is 2.23. The van der Waals surface area contributed by atoms with Gasteiger partial charge in [0.15, 0.2) is 0 Å². The third-order valence-corrected chi connectivity index (χ3v) is 3.76. The Kier molecular flexibility index (Phi) is 29.1. The number of halogens is 4. The van der Waals surface area contributed by atoms with Crippen LogP contribution in [-0.2, 0) is 0 Å². The standard InChI is InChI=1S/2C6H14N2.4ClH/c2*7-8-5-6-3-1-2-4-6;;;;/h2*6,8H,1-5,7H2;4*1H. The lowest BCUT2D eigenvalue weighted by Crippen LogP contribution is -2.27. The fourth-order valence-corrected chi connectivity index (χ4v) is 2.76. The van der Waals surface area contributed by atoms with Gasteiger partial charge in [-0.15, -0.1) is 49.6 Å². The molecule has 0 unspecified atom stereocenters. The normalized spacial score (nSPS) is 17.7. The van der Waals surface area contributed by atoms with E-state index in [0.29, 0.717) is 0 Å². The van der Waals surface area contributed by atoms with E-state index in [2.05, 4.69) is 10.9 Å². The van der Waals surface area contributed by atoms with Gasteiger partial charge >= 0.3 is 0 Å². The van der Waals surface area contributed by atoms with Gasteiger partial charge in [-0.2, -0.15) is 0 Å². The summed E-state index contributed by atoms with van der Waals surface area (Å²) < 4.78 is 0. The van der Waals surface area contributed by atoms with Crippen molar-refractivity contribution in [2.75, 3.05) is 13.1 Å². The SMILES string of the molecule is Cl.Cl.Cl.Cl.NNCC1CCCC1.NNCC1CCCC1. The summed E-state index contributed by atoms with van der Waals surface area (Å²) in [4.78, 5) is 0. The molecule has 0 bridgehead atoms. The van der Waals surface area contributed by atoms with Crippen molar-refractivity contribution in [3.05, 3.63) is 0 Å². The maximum Gasteiger partial charge on any atom is 0.0126 e. The quantitative estimate of drug-likeness (QED) is 0.451. The molecule has 6 N–H and O–H groups in total. The first-order valence-corrected chi connectivity index (χ1v) is 6.73. The highest BCUT2D eigenvalue weighted by atomic mass is 35.5. The summed E-state index contributed by atoms with van der Waals surface area (Å²) in [5.74, 6) is 12.1. The summed E-state index contributed by atoms with van der Waals surface area (Å²) in [6, 6.07) is 0. The Morgan fingerprint density at radius 1 is 0.600 bits per heavy atom. The predicted molar refractivity (Wildman–Crippen MR) is 97.3 cm³/mol. The van der Waals surface area contributed by atoms with Crippen molar-refractivity contribution in [2.45, 2.75) is 51.4 Å². The average Bonchev–Trinajstić information content (AvgIpc) is 2.92. The summed E-state index contributed by atoms with van der Waals surface area (Å²) in [7, 11) is 0. The van der Waals surface area contributed by atoms with Crippen LogP contribution in [0.25, 0.3) is 0 Å². The Morgan fingerprint density at radius 3 is 1.05 bits per heavy atom. The minimum absolute atomic E-state index is 0. The fourth-order valence-electron chi connectivity index (χ4n) is 2.76. The highest BCUT2D eigenvalue weighted by Gasteiger charge is 2.13. The minimum Gasteiger partial charge on any atom is -0.271 e. The van der Waals surface area contributed by atoms with Crippen LogP contribution in [0.2, 0.25) is 0 Å². The zero-order valence-corrected chi connectivity index (χ0v) is 15.3. The first kappa shape index (κ1) is 29.1. The molecule has 2 rings (SSSR count). The van der Waals surface area contributed by atoms with Gasteiger partial charge in [0.25, 0.3) is 0 Å². The number of hydrogen-bond donors (Lipinski definition) is 4. The number of nitrogens with two attached hydrogens (primary N) is 2. The minimum atomic E-state index is 0. The average molecular weight is 374 g/mol. The van der Waals surface area contributed by atoms with Crippen molar-refractivity contribution < 1.29 is 0 Å². The third-order valence-electron chi connectivity index (χ3n) is 3.76. The van der Waals surface area contributed by atoms with Crippen LogP contribution < -0.4 is 22.5 Å². The molecule has 0 aromatic heterocycles. The van der Waals surface area contributed by atoms with E-state index < -0.39 is 0 Å². The molecule has 2 saturated carbocycles. The number of nitrogens with one attached hydrogen (secondary N) is 2. The molecule has 0 atom stereocenters. The molecule has 2 aliphatic carbocycles. The molecule has 128 valence electrons. The lowest BCUT2D eigenvalue weighted by atomic mass is 10.1. The number of hydrogen-bond acceptors (Lipinski definition) is 4. The lowest BCUT2D eigenvalue weighted by molar-refractivity contribution is 0.499. The molecule has 0 aromatic carbocycles. The first-order chi connectivity index (χ1) is 7.86. The maximum absolute atomic E-state index is 5.16. The molecule has 0 heterocycles. The molecule has 0 aliphatic heterocycles. The van der Waals surface area contributed by atoms with Gasteiger partial charge in [-0.3, -0.25) is 22.5 Å². The van der Waals surface area contributed by atoms with E-state index in [9.17, 15) is 0 Å². The van der Waals surface area contributed by atoms with Crippen LogP contribution in [0, 0.1) is 11.8 Å². The van der Waals surface area contributed by atoms with Gasteiger partial charge in [0, 0.05) is 13.1 Å². The smallest absolute Gasteiger partial charge is 0.0126 e. The van der Waals surface area contributed by atoms with E-state index in [-0.39, 0.29) is 49.6 Å². The molecule has 0 aromatic rings. The van der Waals surface area contributed by atoms with Crippen LogP contribution in [0.5, 0.6) is 0 Å². The second-order valence-electron chi connectivity index (χ2n) is 5.12. The van der Waals surface area contributed by atoms with Crippen LogP contribution in [0.4, 0.5) is 0 Å². The third kappa shape index (κ3) is 14.0. The molecule has 2 fully saturated rings. The van der Waals surface area contributed by atoms with E-state index in [0.717, 1.165) is 24.9 Å². The summed E-state index contributed by atoms with van der Waals surface area (Å²) in [6.45, 7) is 2.03. The Morgan fingerprint density at radius 2 is 0.850 bits per heavy atom. The van der Waals surface area contributed by atoms with Crippen molar-refractivity contribution in [3.63, 3.8) is 0 Å². The first-order valence-electron chi connectivity index (χ1n) is 6.73. The van der Waals surface area contributed by atoms with Gasteiger partial charge in [-0.25, -0.2) is 0 Å². The van der Waals surface area contributed by atoms with Crippen LogP contribution in [0.15, 0.2) is 0 Å². The van der Waals surface area contributed by atoms with Gasteiger partial charge in [0.05, 0.1) is 0 Å². The van der Waals surface area contributed by atoms with Crippen molar-refractivity contribution in [1.29, 1.82) is 0 Å². The largest absolute Gasteiger partial charge is 0.271 e. The molecule has 4 nitrogen and oxygen atoms in total. The number of hydrazine groups is 2. The summed E-state index contributed by atoms with van der Waals surface area (Å²) in [5.41, 5.74) is 5.42. The molecule has 2 aliphatic rings. The van der Waals surface area contributed by atoms with Crippen molar-refractivity contribution >= 4 is 49.6 Å². The van der Waals surface area contributed by atoms with Gasteiger partial charge in [0.2, 0.25) is 0 Å². The topological polar surface area (TPSA) is 76.1 Å². The van der Waals surface area contributed by atoms with Crippen LogP contribution >= 0.6 is 49.6 Å². The van der Waals surface area contributed by atoms with E-state index in [4.69, 9.17) is 11.7 Å². The maximum atomic E-state index is 5.16. The summed E-state index contributed by atoms with van der Waals surface area (Å²) in [5, 5.41) is 0. The summed E-state index contributed by atoms with van der Waals surface area (Å²) in [6.07, 6.45) is 11.2. The highest BCUT2D eigenvalue weighted by molar-refractivity contribution is 5.86. The Bertz CT molecular complexity index is 148. The molecular weight excluding hydrogens is 342 g/mol. The summed E-state index contributed by atoms with van der Waals surface area (Å²) >= 11 is 0.